The highest BCUT2D eigenvalue weighted by Crippen LogP contribution is 2.22. The van der Waals surface area contributed by atoms with Gasteiger partial charge in [0.2, 0.25) is 0 Å². The molecule has 0 aliphatic carbocycles. The topological polar surface area (TPSA) is 24.9 Å². The predicted octanol–water partition coefficient (Wildman–Crippen LogP) is 4.71. The van der Waals surface area contributed by atoms with Gasteiger partial charge in [-0.05, 0) is 44.4 Å². The lowest BCUT2D eigenvalue weighted by atomic mass is 10.00. The van der Waals surface area contributed by atoms with Crippen molar-refractivity contribution in [3.63, 3.8) is 0 Å². The van der Waals surface area contributed by atoms with E-state index in [4.69, 9.17) is 0 Å². The van der Waals surface area contributed by atoms with E-state index in [9.17, 15) is 0 Å². The molecule has 1 heterocycles. The van der Waals surface area contributed by atoms with Crippen LogP contribution in [0.2, 0.25) is 0 Å². The van der Waals surface area contributed by atoms with E-state index in [1.807, 2.05) is 6.20 Å². The van der Waals surface area contributed by atoms with Crippen molar-refractivity contribution in [2.75, 3.05) is 6.54 Å². The highest BCUT2D eigenvalue weighted by molar-refractivity contribution is 5.25. The van der Waals surface area contributed by atoms with Gasteiger partial charge in [0.1, 0.15) is 0 Å². The van der Waals surface area contributed by atoms with Crippen molar-refractivity contribution in [3.05, 3.63) is 29.1 Å². The van der Waals surface area contributed by atoms with Crippen molar-refractivity contribution in [3.8, 4) is 0 Å². The fourth-order valence-corrected chi connectivity index (χ4v) is 2.52. The van der Waals surface area contributed by atoms with Gasteiger partial charge in [0, 0.05) is 12.2 Å². The molecule has 0 saturated carbocycles. The van der Waals surface area contributed by atoms with Crippen molar-refractivity contribution < 1.29 is 0 Å². The van der Waals surface area contributed by atoms with Gasteiger partial charge in [0.15, 0.2) is 0 Å². The second-order valence-corrected chi connectivity index (χ2v) is 5.57. The summed E-state index contributed by atoms with van der Waals surface area (Å²) in [7, 11) is 0. The van der Waals surface area contributed by atoms with E-state index in [2.05, 4.69) is 44.1 Å². The molecule has 0 bridgehead atoms. The summed E-state index contributed by atoms with van der Waals surface area (Å²) in [6, 6.07) is 2.67. The quantitative estimate of drug-likeness (QED) is 0.652. The zero-order chi connectivity index (χ0) is 14.1. The Morgan fingerprint density at radius 3 is 2.53 bits per heavy atom. The molecule has 1 unspecified atom stereocenters. The lowest BCUT2D eigenvalue weighted by Crippen LogP contribution is -2.24. The van der Waals surface area contributed by atoms with Crippen molar-refractivity contribution in [1.29, 1.82) is 0 Å². The van der Waals surface area contributed by atoms with Crippen molar-refractivity contribution in [2.24, 2.45) is 0 Å². The number of nitrogens with one attached hydrogen (secondary N) is 1. The molecular formula is C17H30N2. The molecule has 19 heavy (non-hydrogen) atoms. The summed E-state index contributed by atoms with van der Waals surface area (Å²) in [4.78, 5) is 4.67. The zero-order valence-corrected chi connectivity index (χ0v) is 13.1. The van der Waals surface area contributed by atoms with Gasteiger partial charge in [-0.3, -0.25) is 4.98 Å². The Balaban J connectivity index is 2.66. The van der Waals surface area contributed by atoms with E-state index >= 15 is 0 Å². The van der Waals surface area contributed by atoms with Crippen LogP contribution in [0.3, 0.4) is 0 Å². The molecule has 0 aliphatic heterocycles. The summed E-state index contributed by atoms with van der Waals surface area (Å²) in [5.41, 5.74) is 3.82. The van der Waals surface area contributed by atoms with Crippen LogP contribution in [0.5, 0.6) is 0 Å². The third-order valence-electron chi connectivity index (χ3n) is 3.57. The third kappa shape index (κ3) is 5.73. The first kappa shape index (κ1) is 16.2. The molecule has 1 rings (SSSR count). The number of unbranched alkanes of at least 4 members (excludes halogenated alkanes) is 3. The van der Waals surface area contributed by atoms with Crippen LogP contribution in [0.4, 0.5) is 0 Å². The van der Waals surface area contributed by atoms with Crippen molar-refractivity contribution >= 4 is 0 Å². The highest BCUT2D eigenvalue weighted by atomic mass is 14.9. The average molecular weight is 262 g/mol. The minimum Gasteiger partial charge on any atom is -0.309 e. The summed E-state index contributed by atoms with van der Waals surface area (Å²) in [5.74, 6) is 0. The molecule has 0 fully saturated rings. The van der Waals surface area contributed by atoms with E-state index in [1.54, 1.807) is 0 Å². The number of aromatic nitrogens is 1. The summed E-state index contributed by atoms with van der Waals surface area (Å²) in [6.45, 7) is 9.85. The van der Waals surface area contributed by atoms with Crippen LogP contribution in [-0.2, 0) is 0 Å². The Bertz CT molecular complexity index is 360. The maximum Gasteiger partial charge on any atom is 0.0602 e. The van der Waals surface area contributed by atoms with Gasteiger partial charge in [-0.2, -0.15) is 0 Å². The van der Waals surface area contributed by atoms with Crippen molar-refractivity contribution in [2.45, 2.75) is 72.3 Å². The average Bonchev–Trinajstić information content (AvgIpc) is 2.39. The molecule has 1 aromatic heterocycles. The summed E-state index contributed by atoms with van der Waals surface area (Å²) >= 11 is 0. The van der Waals surface area contributed by atoms with E-state index in [0.29, 0.717) is 6.04 Å². The van der Waals surface area contributed by atoms with E-state index < -0.39 is 0 Å². The molecule has 0 radical (unpaired) electrons. The maximum atomic E-state index is 4.67. The third-order valence-corrected chi connectivity index (χ3v) is 3.57. The SMILES string of the molecule is CCCCCCC(NCCC)c1ncc(C)cc1C. The summed E-state index contributed by atoms with van der Waals surface area (Å²) < 4.78 is 0. The number of aryl methyl sites for hydroxylation is 2. The molecule has 1 aromatic rings. The van der Waals surface area contributed by atoms with Crippen LogP contribution in [0.25, 0.3) is 0 Å². The van der Waals surface area contributed by atoms with Gasteiger partial charge < -0.3 is 5.32 Å². The normalized spacial score (nSPS) is 12.6. The van der Waals surface area contributed by atoms with Crippen LogP contribution in [0.1, 0.15) is 75.2 Å². The standard InChI is InChI=1S/C17H30N2/c1-5-7-8-9-10-16(18-11-6-2)17-15(4)12-14(3)13-19-17/h12-13,16,18H,5-11H2,1-4H3. The first-order chi connectivity index (χ1) is 9.19. The smallest absolute Gasteiger partial charge is 0.0602 e. The Hall–Kier alpha value is -0.890. The predicted molar refractivity (Wildman–Crippen MR) is 83.5 cm³/mol. The fourth-order valence-electron chi connectivity index (χ4n) is 2.52. The minimum atomic E-state index is 0.428. The van der Waals surface area contributed by atoms with Gasteiger partial charge >= 0.3 is 0 Å². The Labute approximate surface area is 119 Å². The molecule has 0 aliphatic rings. The van der Waals surface area contributed by atoms with Gasteiger partial charge in [0.25, 0.3) is 0 Å². The molecule has 2 heteroatoms. The molecule has 108 valence electrons. The van der Waals surface area contributed by atoms with Crippen LogP contribution < -0.4 is 5.32 Å². The number of rotatable bonds is 9. The summed E-state index contributed by atoms with van der Waals surface area (Å²) in [5, 5.41) is 3.66. The Kier molecular flexibility index (Phi) is 7.73. The van der Waals surface area contributed by atoms with Crippen LogP contribution in [0, 0.1) is 13.8 Å². The van der Waals surface area contributed by atoms with Crippen LogP contribution in [0.15, 0.2) is 12.3 Å². The number of hydrogen-bond donors (Lipinski definition) is 1. The fraction of sp³-hybridized carbons (Fsp3) is 0.706. The first-order valence-corrected chi connectivity index (χ1v) is 7.85. The molecule has 1 atom stereocenters. The molecule has 1 N–H and O–H groups in total. The molecule has 0 saturated heterocycles. The van der Waals surface area contributed by atoms with E-state index in [0.717, 1.165) is 6.54 Å². The molecule has 0 amide bonds. The number of pyridine rings is 1. The van der Waals surface area contributed by atoms with Gasteiger partial charge in [0.05, 0.1) is 5.69 Å². The number of hydrogen-bond acceptors (Lipinski definition) is 2. The Morgan fingerprint density at radius 2 is 1.89 bits per heavy atom. The van der Waals surface area contributed by atoms with E-state index in [-0.39, 0.29) is 0 Å². The van der Waals surface area contributed by atoms with Crippen molar-refractivity contribution in [1.82, 2.24) is 10.3 Å². The second-order valence-electron chi connectivity index (χ2n) is 5.57. The van der Waals surface area contributed by atoms with Crippen LogP contribution in [-0.4, -0.2) is 11.5 Å². The minimum absolute atomic E-state index is 0.428. The lowest BCUT2D eigenvalue weighted by Gasteiger charge is -2.20. The molecule has 2 nitrogen and oxygen atoms in total. The number of nitrogens with zero attached hydrogens (tertiary/aromatic N) is 1. The summed E-state index contributed by atoms with van der Waals surface area (Å²) in [6.07, 6.45) is 9.66. The van der Waals surface area contributed by atoms with Gasteiger partial charge in [-0.15, -0.1) is 0 Å². The molecule has 0 aromatic carbocycles. The highest BCUT2D eigenvalue weighted by Gasteiger charge is 2.14. The van der Waals surface area contributed by atoms with E-state index in [1.165, 1.54) is 55.3 Å². The Morgan fingerprint density at radius 1 is 1.11 bits per heavy atom. The zero-order valence-electron chi connectivity index (χ0n) is 13.1. The monoisotopic (exact) mass is 262 g/mol. The van der Waals surface area contributed by atoms with Gasteiger partial charge in [-0.25, -0.2) is 0 Å². The lowest BCUT2D eigenvalue weighted by molar-refractivity contribution is 0.460. The molecular weight excluding hydrogens is 232 g/mol. The van der Waals surface area contributed by atoms with Gasteiger partial charge in [-0.1, -0.05) is 45.6 Å². The first-order valence-electron chi connectivity index (χ1n) is 7.85. The molecule has 0 spiro atoms. The maximum absolute atomic E-state index is 4.67. The van der Waals surface area contributed by atoms with Crippen LogP contribution >= 0.6 is 0 Å². The largest absolute Gasteiger partial charge is 0.309 e. The second kappa shape index (κ2) is 9.08.